The standard InChI is InChI=1S/C16H19FN2O3/c1-22-11-5-6-15-13(7-11)12(14(17)9-19-15)4-2-3-10(8-18)16(20)21/h5-7,9-10H,2-4,8,18H2,1H3,(H,20,21). The topological polar surface area (TPSA) is 85.4 Å². The lowest BCUT2D eigenvalue weighted by molar-refractivity contribution is -0.141. The number of ether oxygens (including phenoxy) is 1. The molecule has 5 nitrogen and oxygen atoms in total. The lowest BCUT2D eigenvalue weighted by Crippen LogP contribution is -2.23. The molecule has 1 aromatic heterocycles. The number of aromatic nitrogens is 1. The van der Waals surface area contributed by atoms with Gasteiger partial charge < -0.3 is 15.6 Å². The highest BCUT2D eigenvalue weighted by Crippen LogP contribution is 2.26. The van der Waals surface area contributed by atoms with Gasteiger partial charge in [-0.3, -0.25) is 9.78 Å². The van der Waals surface area contributed by atoms with Gasteiger partial charge in [-0.1, -0.05) is 0 Å². The van der Waals surface area contributed by atoms with Crippen LogP contribution < -0.4 is 10.5 Å². The smallest absolute Gasteiger partial charge is 0.307 e. The normalized spacial score (nSPS) is 12.3. The zero-order chi connectivity index (χ0) is 16.1. The molecule has 6 heteroatoms. The zero-order valence-electron chi connectivity index (χ0n) is 12.4. The molecule has 0 saturated heterocycles. The minimum atomic E-state index is -0.913. The van der Waals surface area contributed by atoms with Crippen LogP contribution in [0, 0.1) is 11.7 Å². The van der Waals surface area contributed by atoms with Crippen LogP contribution in [-0.2, 0) is 11.2 Å². The van der Waals surface area contributed by atoms with Crippen LogP contribution in [0.5, 0.6) is 5.75 Å². The highest BCUT2D eigenvalue weighted by atomic mass is 19.1. The highest BCUT2D eigenvalue weighted by molar-refractivity contribution is 5.83. The molecule has 0 aliphatic rings. The monoisotopic (exact) mass is 306 g/mol. The van der Waals surface area contributed by atoms with Gasteiger partial charge in [0.15, 0.2) is 0 Å². The Morgan fingerprint density at radius 2 is 2.27 bits per heavy atom. The fourth-order valence-electron chi connectivity index (χ4n) is 2.45. The predicted octanol–water partition coefficient (Wildman–Crippen LogP) is 2.36. The van der Waals surface area contributed by atoms with Gasteiger partial charge in [0.1, 0.15) is 11.6 Å². The van der Waals surface area contributed by atoms with Gasteiger partial charge in [-0.15, -0.1) is 0 Å². The van der Waals surface area contributed by atoms with Crippen LogP contribution in [0.15, 0.2) is 24.4 Å². The molecule has 0 fully saturated rings. The summed E-state index contributed by atoms with van der Waals surface area (Å²) in [5.41, 5.74) is 6.65. The first kappa shape index (κ1) is 16.2. The van der Waals surface area contributed by atoms with Crippen LogP contribution in [-0.4, -0.2) is 29.7 Å². The summed E-state index contributed by atoms with van der Waals surface area (Å²) in [6.07, 6.45) is 2.59. The van der Waals surface area contributed by atoms with Gasteiger partial charge in [-0.25, -0.2) is 4.39 Å². The largest absolute Gasteiger partial charge is 0.497 e. The Balaban J connectivity index is 2.22. The summed E-state index contributed by atoms with van der Waals surface area (Å²) < 4.78 is 19.2. The predicted molar refractivity (Wildman–Crippen MR) is 81.4 cm³/mol. The minimum Gasteiger partial charge on any atom is -0.497 e. The molecule has 118 valence electrons. The zero-order valence-corrected chi connectivity index (χ0v) is 12.4. The molecule has 3 N–H and O–H groups in total. The lowest BCUT2D eigenvalue weighted by Gasteiger charge is -2.11. The van der Waals surface area contributed by atoms with E-state index >= 15 is 0 Å². The first-order chi connectivity index (χ1) is 10.6. The van der Waals surface area contributed by atoms with Crippen LogP contribution in [0.25, 0.3) is 10.9 Å². The first-order valence-corrected chi connectivity index (χ1v) is 7.10. The van der Waals surface area contributed by atoms with Gasteiger partial charge in [0.05, 0.1) is 24.7 Å². The maximum absolute atomic E-state index is 14.1. The van der Waals surface area contributed by atoms with Crippen molar-refractivity contribution in [2.75, 3.05) is 13.7 Å². The van der Waals surface area contributed by atoms with E-state index in [1.54, 1.807) is 25.3 Å². The number of benzene rings is 1. The minimum absolute atomic E-state index is 0.0860. The number of pyridine rings is 1. The number of nitrogens with two attached hydrogens (primary N) is 1. The number of fused-ring (bicyclic) bond motifs is 1. The van der Waals surface area contributed by atoms with Gasteiger partial charge in [0.25, 0.3) is 0 Å². The molecule has 0 aliphatic heterocycles. The Hall–Kier alpha value is -2.21. The van der Waals surface area contributed by atoms with Crippen LogP contribution >= 0.6 is 0 Å². The second-order valence-corrected chi connectivity index (χ2v) is 5.13. The number of carboxylic acid groups (broad SMARTS) is 1. The van der Waals surface area contributed by atoms with Crippen molar-refractivity contribution in [2.24, 2.45) is 11.7 Å². The number of hydrogen-bond acceptors (Lipinski definition) is 4. The Bertz CT molecular complexity index is 676. The molecule has 2 aromatic rings. The van der Waals surface area contributed by atoms with E-state index in [0.29, 0.717) is 41.5 Å². The van der Waals surface area contributed by atoms with Crippen LogP contribution in [0.2, 0.25) is 0 Å². The quantitative estimate of drug-likeness (QED) is 0.820. The fourth-order valence-corrected chi connectivity index (χ4v) is 2.45. The second kappa shape index (κ2) is 7.17. The highest BCUT2D eigenvalue weighted by Gasteiger charge is 2.16. The molecule has 0 bridgehead atoms. The summed E-state index contributed by atoms with van der Waals surface area (Å²) in [6, 6.07) is 5.29. The summed E-state index contributed by atoms with van der Waals surface area (Å²) >= 11 is 0. The van der Waals surface area contributed by atoms with E-state index in [1.807, 2.05) is 0 Å². The summed E-state index contributed by atoms with van der Waals surface area (Å²) in [4.78, 5) is 15.0. The molecule has 1 unspecified atom stereocenters. The SMILES string of the molecule is COc1ccc2ncc(F)c(CCCC(CN)C(=O)O)c2c1. The van der Waals surface area contributed by atoms with Gasteiger partial charge in [-0.05, 0) is 43.0 Å². The Labute approximate surface area is 127 Å². The molecular weight excluding hydrogens is 287 g/mol. The van der Waals surface area contributed by atoms with Gasteiger partial charge in [0.2, 0.25) is 0 Å². The van der Waals surface area contributed by atoms with Crippen molar-refractivity contribution in [2.45, 2.75) is 19.3 Å². The number of rotatable bonds is 7. The van der Waals surface area contributed by atoms with E-state index in [2.05, 4.69) is 4.98 Å². The maximum Gasteiger partial charge on any atom is 0.307 e. The fraction of sp³-hybridized carbons (Fsp3) is 0.375. The summed E-state index contributed by atoms with van der Waals surface area (Å²) in [7, 11) is 1.55. The van der Waals surface area contributed by atoms with Crippen LogP contribution in [0.1, 0.15) is 18.4 Å². The number of carboxylic acids is 1. The van der Waals surface area contributed by atoms with E-state index in [1.165, 1.54) is 6.20 Å². The average molecular weight is 306 g/mol. The lowest BCUT2D eigenvalue weighted by atomic mass is 9.97. The number of halogens is 1. The third-order valence-electron chi connectivity index (χ3n) is 3.75. The Morgan fingerprint density at radius 1 is 1.50 bits per heavy atom. The molecular formula is C16H19FN2O3. The molecule has 1 atom stereocenters. The number of methoxy groups -OCH3 is 1. The number of hydrogen-bond donors (Lipinski definition) is 2. The summed E-state index contributed by atoms with van der Waals surface area (Å²) in [5.74, 6) is -1.26. The van der Waals surface area contributed by atoms with Crippen molar-refractivity contribution in [3.8, 4) is 5.75 Å². The van der Waals surface area contributed by atoms with Gasteiger partial charge in [0, 0.05) is 11.9 Å². The van der Waals surface area contributed by atoms with Crippen LogP contribution in [0.3, 0.4) is 0 Å². The van der Waals surface area contributed by atoms with Crippen LogP contribution in [0.4, 0.5) is 4.39 Å². The molecule has 1 aromatic carbocycles. The number of aryl methyl sites for hydroxylation is 1. The summed E-state index contributed by atoms with van der Waals surface area (Å²) in [5, 5.41) is 9.68. The molecule has 22 heavy (non-hydrogen) atoms. The van der Waals surface area contributed by atoms with Gasteiger partial charge >= 0.3 is 5.97 Å². The van der Waals surface area contributed by atoms with E-state index in [4.69, 9.17) is 15.6 Å². The third kappa shape index (κ3) is 3.51. The number of carbonyl (C=O) groups is 1. The van der Waals surface area contributed by atoms with Crippen molar-refractivity contribution in [3.05, 3.63) is 35.8 Å². The van der Waals surface area contributed by atoms with Crippen molar-refractivity contribution in [1.29, 1.82) is 0 Å². The number of nitrogens with zero attached hydrogens (tertiary/aromatic N) is 1. The van der Waals surface area contributed by atoms with E-state index in [-0.39, 0.29) is 12.4 Å². The van der Waals surface area contributed by atoms with E-state index < -0.39 is 11.9 Å². The molecule has 1 heterocycles. The van der Waals surface area contributed by atoms with Crippen molar-refractivity contribution >= 4 is 16.9 Å². The third-order valence-corrected chi connectivity index (χ3v) is 3.75. The first-order valence-electron chi connectivity index (χ1n) is 7.10. The second-order valence-electron chi connectivity index (χ2n) is 5.13. The molecule has 0 saturated carbocycles. The van der Waals surface area contributed by atoms with E-state index in [0.717, 1.165) is 0 Å². The van der Waals surface area contributed by atoms with Crippen molar-refractivity contribution < 1.29 is 19.0 Å². The maximum atomic E-state index is 14.1. The molecule has 0 spiro atoms. The Kier molecular flexibility index (Phi) is 5.27. The number of aliphatic carboxylic acids is 1. The van der Waals surface area contributed by atoms with Gasteiger partial charge in [-0.2, -0.15) is 0 Å². The summed E-state index contributed by atoms with van der Waals surface area (Å²) in [6.45, 7) is 0.0860. The average Bonchev–Trinajstić information content (AvgIpc) is 2.52. The van der Waals surface area contributed by atoms with E-state index in [9.17, 15) is 9.18 Å². The molecule has 0 amide bonds. The van der Waals surface area contributed by atoms with Crippen molar-refractivity contribution in [1.82, 2.24) is 4.98 Å². The van der Waals surface area contributed by atoms with Crippen molar-refractivity contribution in [3.63, 3.8) is 0 Å². The molecule has 0 radical (unpaired) electrons. The molecule has 2 rings (SSSR count). The molecule has 0 aliphatic carbocycles. The Morgan fingerprint density at radius 3 is 2.91 bits per heavy atom.